The summed E-state index contributed by atoms with van der Waals surface area (Å²) in [6.07, 6.45) is 13.8. The van der Waals surface area contributed by atoms with Crippen LogP contribution < -0.4 is 0 Å². The third kappa shape index (κ3) is 3.71. The van der Waals surface area contributed by atoms with Gasteiger partial charge >= 0.3 is 0 Å². The molecule has 3 fully saturated rings. The van der Waals surface area contributed by atoms with Gasteiger partial charge in [0.25, 0.3) is 0 Å². The summed E-state index contributed by atoms with van der Waals surface area (Å²) in [5, 5.41) is 20.2. The van der Waals surface area contributed by atoms with E-state index in [1.807, 2.05) is 0 Å². The first-order chi connectivity index (χ1) is 14.2. The molecule has 30 heavy (non-hydrogen) atoms. The fourth-order valence-electron chi connectivity index (χ4n) is 8.73. The number of rotatable bonds is 6. The minimum atomic E-state index is -0.225. The monoisotopic (exact) mass is 418 g/mol. The van der Waals surface area contributed by atoms with E-state index in [0.717, 1.165) is 37.0 Å². The summed E-state index contributed by atoms with van der Waals surface area (Å²) in [6.45, 7) is 12.2. The van der Waals surface area contributed by atoms with Gasteiger partial charge in [-0.05, 0) is 91.3 Å². The Labute approximate surface area is 184 Å². The van der Waals surface area contributed by atoms with Gasteiger partial charge in [0.05, 0.1) is 6.10 Å². The SMILES string of the molecule is CC(C)CCC[C@@H](C)[C@H]1CC[C@H]2[C@@H]3C(OO)C=C4C[C@@H](O)CC[C@]4(C)[C@H]3CC[C@]12C. The van der Waals surface area contributed by atoms with Crippen molar-refractivity contribution < 1.29 is 15.3 Å². The third-order valence-electron chi connectivity index (χ3n) is 10.4. The first kappa shape index (κ1) is 22.8. The number of hydrogen-bond donors (Lipinski definition) is 2. The van der Waals surface area contributed by atoms with Crippen LogP contribution >= 0.6 is 0 Å². The summed E-state index contributed by atoms with van der Waals surface area (Å²) in [5.41, 5.74) is 1.91. The van der Waals surface area contributed by atoms with Crippen molar-refractivity contribution in [1.29, 1.82) is 0 Å². The van der Waals surface area contributed by atoms with E-state index in [4.69, 9.17) is 4.89 Å². The van der Waals surface area contributed by atoms with Gasteiger partial charge in [-0.25, -0.2) is 4.89 Å². The van der Waals surface area contributed by atoms with Gasteiger partial charge in [-0.15, -0.1) is 0 Å². The molecule has 3 nitrogen and oxygen atoms in total. The highest BCUT2D eigenvalue weighted by Gasteiger charge is 2.61. The van der Waals surface area contributed by atoms with E-state index in [2.05, 4.69) is 40.7 Å². The maximum Gasteiger partial charge on any atom is 0.114 e. The normalized spacial score (nSPS) is 46.7. The van der Waals surface area contributed by atoms with E-state index >= 15 is 0 Å². The van der Waals surface area contributed by atoms with E-state index in [9.17, 15) is 10.4 Å². The molecule has 0 saturated heterocycles. The Morgan fingerprint density at radius 1 is 1.03 bits per heavy atom. The molecular formula is C27H46O3. The van der Waals surface area contributed by atoms with E-state index in [1.54, 1.807) is 0 Å². The van der Waals surface area contributed by atoms with Crippen LogP contribution in [0, 0.1) is 46.3 Å². The molecule has 0 aromatic rings. The highest BCUT2D eigenvalue weighted by atomic mass is 17.1. The highest BCUT2D eigenvalue weighted by Crippen LogP contribution is 2.67. The lowest BCUT2D eigenvalue weighted by molar-refractivity contribution is -0.296. The number of hydrogen-bond acceptors (Lipinski definition) is 3. The maximum absolute atomic E-state index is 10.3. The van der Waals surface area contributed by atoms with Crippen LogP contribution in [0.2, 0.25) is 0 Å². The minimum Gasteiger partial charge on any atom is -0.393 e. The summed E-state index contributed by atoms with van der Waals surface area (Å²) < 4.78 is 0. The fraction of sp³-hybridized carbons (Fsp3) is 0.926. The van der Waals surface area contributed by atoms with Crippen molar-refractivity contribution in [1.82, 2.24) is 0 Å². The van der Waals surface area contributed by atoms with Crippen molar-refractivity contribution in [3.05, 3.63) is 11.6 Å². The van der Waals surface area contributed by atoms with Crippen LogP contribution in [-0.4, -0.2) is 22.6 Å². The molecule has 0 aromatic heterocycles. The Morgan fingerprint density at radius 3 is 2.50 bits per heavy atom. The molecule has 0 radical (unpaired) electrons. The Hall–Kier alpha value is -0.380. The van der Waals surface area contributed by atoms with Crippen LogP contribution in [-0.2, 0) is 4.89 Å². The molecule has 0 spiro atoms. The smallest absolute Gasteiger partial charge is 0.114 e. The molecule has 4 aliphatic carbocycles. The summed E-state index contributed by atoms with van der Waals surface area (Å²) in [4.78, 5) is 5.17. The Balaban J connectivity index is 1.56. The second-order valence-electron chi connectivity index (χ2n) is 12.4. The van der Waals surface area contributed by atoms with Crippen molar-refractivity contribution in [2.75, 3.05) is 0 Å². The Kier molecular flexibility index (Phi) is 6.48. The second kappa shape index (κ2) is 8.52. The van der Waals surface area contributed by atoms with Crippen LogP contribution in [0.15, 0.2) is 11.6 Å². The Morgan fingerprint density at radius 2 is 1.80 bits per heavy atom. The molecular weight excluding hydrogens is 372 g/mol. The van der Waals surface area contributed by atoms with Crippen LogP contribution in [0.3, 0.4) is 0 Å². The molecule has 4 rings (SSSR count). The van der Waals surface area contributed by atoms with Crippen LogP contribution in [0.25, 0.3) is 0 Å². The van der Waals surface area contributed by atoms with Gasteiger partial charge in [-0.2, -0.15) is 0 Å². The van der Waals surface area contributed by atoms with Gasteiger partial charge in [0, 0.05) is 0 Å². The number of aliphatic hydroxyl groups is 1. The summed E-state index contributed by atoms with van der Waals surface area (Å²) in [5.74, 6) is 4.05. The lowest BCUT2D eigenvalue weighted by Gasteiger charge is -2.59. The third-order valence-corrected chi connectivity index (χ3v) is 10.4. The predicted octanol–water partition coefficient (Wildman–Crippen LogP) is 6.86. The average Bonchev–Trinajstić information content (AvgIpc) is 3.05. The number of aliphatic hydroxyl groups excluding tert-OH is 1. The van der Waals surface area contributed by atoms with Crippen molar-refractivity contribution in [3.8, 4) is 0 Å². The standard InChI is InChI=1S/C27H46O3/c1-17(2)7-6-8-18(3)21-9-10-22-25-23(12-14-27(21,22)5)26(4)13-11-20(28)15-19(26)16-24(25)30-29/h16-18,20-25,28-29H,6-15H2,1-5H3/t18-,20+,21-,22+,23+,24?,25+,26+,27-/m1/s1. The van der Waals surface area contributed by atoms with E-state index in [-0.39, 0.29) is 17.6 Å². The lowest BCUT2D eigenvalue weighted by atomic mass is 9.46. The molecule has 1 unspecified atom stereocenters. The van der Waals surface area contributed by atoms with Crippen LogP contribution in [0.4, 0.5) is 0 Å². The van der Waals surface area contributed by atoms with Crippen molar-refractivity contribution in [2.24, 2.45) is 46.3 Å². The zero-order valence-electron chi connectivity index (χ0n) is 20.1. The van der Waals surface area contributed by atoms with Gasteiger partial charge in [-0.1, -0.05) is 65.5 Å². The van der Waals surface area contributed by atoms with Gasteiger partial charge < -0.3 is 5.11 Å². The molecule has 3 saturated carbocycles. The zero-order valence-corrected chi connectivity index (χ0v) is 20.1. The van der Waals surface area contributed by atoms with E-state index in [1.165, 1.54) is 50.5 Å². The van der Waals surface area contributed by atoms with Gasteiger partial charge in [0.1, 0.15) is 6.10 Å². The Bertz CT molecular complexity index is 642. The molecule has 0 amide bonds. The lowest BCUT2D eigenvalue weighted by Crippen LogP contribution is -2.55. The summed E-state index contributed by atoms with van der Waals surface area (Å²) >= 11 is 0. The topological polar surface area (TPSA) is 49.7 Å². The minimum absolute atomic E-state index is 0.182. The zero-order chi connectivity index (χ0) is 21.7. The first-order valence-corrected chi connectivity index (χ1v) is 12.9. The predicted molar refractivity (Wildman–Crippen MR) is 122 cm³/mol. The maximum atomic E-state index is 10.3. The van der Waals surface area contributed by atoms with E-state index in [0.29, 0.717) is 23.2 Å². The van der Waals surface area contributed by atoms with Gasteiger partial charge in [0.2, 0.25) is 0 Å². The summed E-state index contributed by atoms with van der Waals surface area (Å²) in [7, 11) is 0. The molecule has 0 aliphatic heterocycles. The van der Waals surface area contributed by atoms with Crippen LogP contribution in [0.5, 0.6) is 0 Å². The van der Waals surface area contributed by atoms with Crippen molar-refractivity contribution in [2.45, 2.75) is 111 Å². The number of fused-ring (bicyclic) bond motifs is 5. The molecule has 0 bridgehead atoms. The highest BCUT2D eigenvalue weighted by molar-refractivity contribution is 5.28. The second-order valence-corrected chi connectivity index (χ2v) is 12.4. The molecule has 9 atom stereocenters. The quantitative estimate of drug-likeness (QED) is 0.281. The largest absolute Gasteiger partial charge is 0.393 e. The molecule has 0 heterocycles. The van der Waals surface area contributed by atoms with E-state index < -0.39 is 0 Å². The molecule has 2 N–H and O–H groups in total. The molecule has 4 aliphatic rings. The summed E-state index contributed by atoms with van der Waals surface area (Å²) in [6, 6.07) is 0. The van der Waals surface area contributed by atoms with Crippen molar-refractivity contribution in [3.63, 3.8) is 0 Å². The molecule has 0 aromatic carbocycles. The fourth-order valence-corrected chi connectivity index (χ4v) is 8.73. The first-order valence-electron chi connectivity index (χ1n) is 12.9. The van der Waals surface area contributed by atoms with Crippen molar-refractivity contribution >= 4 is 0 Å². The van der Waals surface area contributed by atoms with Gasteiger partial charge in [0.15, 0.2) is 0 Å². The molecule has 172 valence electrons. The average molecular weight is 419 g/mol. The van der Waals surface area contributed by atoms with Gasteiger partial charge in [-0.3, -0.25) is 5.26 Å². The molecule has 3 heteroatoms. The van der Waals surface area contributed by atoms with Crippen LogP contribution in [0.1, 0.15) is 98.8 Å².